The minimum atomic E-state index is 0.696. The van der Waals surface area contributed by atoms with Crippen molar-refractivity contribution in [1.82, 2.24) is 10.2 Å². The van der Waals surface area contributed by atoms with Crippen molar-refractivity contribution in [3.63, 3.8) is 0 Å². The molecule has 0 bridgehead atoms. The van der Waals surface area contributed by atoms with E-state index in [-0.39, 0.29) is 0 Å². The number of furan rings is 1. The molecule has 18 heavy (non-hydrogen) atoms. The zero-order valence-corrected chi connectivity index (χ0v) is 12.1. The molecule has 0 unspecified atom stereocenters. The molecule has 1 N–H and O–H groups in total. The molecule has 1 aliphatic rings. The third-order valence-corrected chi connectivity index (χ3v) is 3.33. The molecular formula is C15H26N2O. The third-order valence-electron chi connectivity index (χ3n) is 3.33. The van der Waals surface area contributed by atoms with Crippen LogP contribution in [0.2, 0.25) is 0 Å². The van der Waals surface area contributed by atoms with E-state index in [1.807, 2.05) is 0 Å². The van der Waals surface area contributed by atoms with E-state index in [1.165, 1.54) is 18.4 Å². The molecule has 3 nitrogen and oxygen atoms in total. The maximum Gasteiger partial charge on any atom is 0.118 e. The molecule has 1 aromatic heterocycles. The minimum absolute atomic E-state index is 0.696. The molecule has 1 saturated carbocycles. The second-order valence-corrected chi connectivity index (χ2v) is 6.04. The van der Waals surface area contributed by atoms with Gasteiger partial charge < -0.3 is 9.73 Å². The molecule has 1 fully saturated rings. The van der Waals surface area contributed by atoms with Gasteiger partial charge in [-0.25, -0.2) is 0 Å². The van der Waals surface area contributed by atoms with Gasteiger partial charge in [0, 0.05) is 24.7 Å². The molecule has 0 amide bonds. The Kier molecular flexibility index (Phi) is 4.46. The number of nitrogens with zero attached hydrogens (tertiary/aromatic N) is 1. The first kappa shape index (κ1) is 13.6. The van der Waals surface area contributed by atoms with Crippen molar-refractivity contribution in [3.05, 3.63) is 23.2 Å². The van der Waals surface area contributed by atoms with Crippen LogP contribution >= 0.6 is 0 Å². The van der Waals surface area contributed by atoms with Crippen LogP contribution in [0.5, 0.6) is 0 Å². The fourth-order valence-electron chi connectivity index (χ4n) is 2.34. The van der Waals surface area contributed by atoms with Crippen molar-refractivity contribution in [2.75, 3.05) is 13.6 Å². The molecule has 1 heterocycles. The first-order valence-electron chi connectivity index (χ1n) is 7.04. The molecule has 0 spiro atoms. The molecule has 102 valence electrons. The normalized spacial score (nSPS) is 15.9. The van der Waals surface area contributed by atoms with Crippen LogP contribution in [0.1, 0.15) is 43.8 Å². The highest BCUT2D eigenvalue weighted by Gasteiger charge is 2.21. The average molecular weight is 250 g/mol. The maximum absolute atomic E-state index is 5.84. The Hall–Kier alpha value is -0.800. The summed E-state index contributed by atoms with van der Waals surface area (Å²) in [7, 11) is 2.15. The first-order chi connectivity index (χ1) is 8.54. The van der Waals surface area contributed by atoms with Gasteiger partial charge in [-0.2, -0.15) is 0 Å². The van der Waals surface area contributed by atoms with Gasteiger partial charge in [0.25, 0.3) is 0 Å². The number of nitrogens with one attached hydrogen (secondary N) is 1. The van der Waals surface area contributed by atoms with Crippen LogP contribution in [-0.2, 0) is 13.1 Å². The smallest absolute Gasteiger partial charge is 0.118 e. The zero-order valence-electron chi connectivity index (χ0n) is 12.1. The quantitative estimate of drug-likeness (QED) is 0.806. The predicted molar refractivity (Wildman–Crippen MR) is 74.5 cm³/mol. The first-order valence-corrected chi connectivity index (χ1v) is 7.04. The van der Waals surface area contributed by atoms with Crippen molar-refractivity contribution in [1.29, 1.82) is 0 Å². The Morgan fingerprint density at radius 1 is 1.44 bits per heavy atom. The number of rotatable bonds is 7. The standard InChI is InChI=1S/C15H26N2O/c1-11(2)9-17(4)10-15-7-13(12(3)18-15)8-16-14-5-6-14/h7,11,14,16H,5-6,8-10H2,1-4H3. The summed E-state index contributed by atoms with van der Waals surface area (Å²) in [5.74, 6) is 2.85. The predicted octanol–water partition coefficient (Wildman–Crippen LogP) is 2.93. The molecule has 1 aliphatic carbocycles. The largest absolute Gasteiger partial charge is 0.465 e. The van der Waals surface area contributed by atoms with Crippen LogP contribution in [0.3, 0.4) is 0 Å². The third kappa shape index (κ3) is 4.14. The Bertz CT molecular complexity index is 380. The summed E-state index contributed by atoms with van der Waals surface area (Å²) < 4.78 is 5.84. The SMILES string of the molecule is Cc1oc(CN(C)CC(C)C)cc1CNC1CC1. The molecule has 0 radical (unpaired) electrons. The molecule has 0 saturated heterocycles. The van der Waals surface area contributed by atoms with Gasteiger partial charge in [-0.3, -0.25) is 4.90 Å². The highest BCUT2D eigenvalue weighted by Crippen LogP contribution is 2.21. The summed E-state index contributed by atoms with van der Waals surface area (Å²) in [4.78, 5) is 2.32. The van der Waals surface area contributed by atoms with Gasteiger partial charge >= 0.3 is 0 Å². The Morgan fingerprint density at radius 2 is 2.17 bits per heavy atom. The Balaban J connectivity index is 1.86. The van der Waals surface area contributed by atoms with Crippen molar-refractivity contribution >= 4 is 0 Å². The monoisotopic (exact) mass is 250 g/mol. The van der Waals surface area contributed by atoms with Crippen molar-refractivity contribution < 1.29 is 4.42 Å². The van der Waals surface area contributed by atoms with Crippen LogP contribution in [0.25, 0.3) is 0 Å². The number of aryl methyl sites for hydroxylation is 1. The maximum atomic E-state index is 5.84. The summed E-state index contributed by atoms with van der Waals surface area (Å²) >= 11 is 0. The average Bonchev–Trinajstić information content (AvgIpc) is 3.00. The highest BCUT2D eigenvalue weighted by atomic mass is 16.3. The van der Waals surface area contributed by atoms with E-state index in [2.05, 4.69) is 44.1 Å². The zero-order chi connectivity index (χ0) is 13.1. The summed E-state index contributed by atoms with van der Waals surface area (Å²) in [6.45, 7) is 9.52. The number of hydrogen-bond acceptors (Lipinski definition) is 3. The summed E-state index contributed by atoms with van der Waals surface area (Å²) in [6, 6.07) is 2.97. The fourth-order valence-corrected chi connectivity index (χ4v) is 2.34. The van der Waals surface area contributed by atoms with E-state index in [9.17, 15) is 0 Å². The lowest BCUT2D eigenvalue weighted by molar-refractivity contribution is 0.263. The van der Waals surface area contributed by atoms with E-state index in [4.69, 9.17) is 4.42 Å². The van der Waals surface area contributed by atoms with Gasteiger partial charge in [0.1, 0.15) is 11.5 Å². The Labute approximate surface area is 111 Å². The lowest BCUT2D eigenvalue weighted by atomic mass is 10.2. The number of hydrogen-bond donors (Lipinski definition) is 1. The molecule has 2 rings (SSSR count). The van der Waals surface area contributed by atoms with Crippen molar-refractivity contribution in [3.8, 4) is 0 Å². The molecular weight excluding hydrogens is 224 g/mol. The van der Waals surface area contributed by atoms with E-state index < -0.39 is 0 Å². The van der Waals surface area contributed by atoms with E-state index in [0.717, 1.165) is 37.2 Å². The van der Waals surface area contributed by atoms with Gasteiger partial charge in [0.15, 0.2) is 0 Å². The minimum Gasteiger partial charge on any atom is -0.465 e. The Morgan fingerprint density at radius 3 is 2.78 bits per heavy atom. The van der Waals surface area contributed by atoms with E-state index >= 15 is 0 Å². The molecule has 3 heteroatoms. The molecule has 0 aliphatic heterocycles. The second-order valence-electron chi connectivity index (χ2n) is 6.04. The van der Waals surface area contributed by atoms with Crippen LogP contribution in [-0.4, -0.2) is 24.5 Å². The molecule has 0 atom stereocenters. The lowest BCUT2D eigenvalue weighted by Crippen LogP contribution is -2.22. The van der Waals surface area contributed by atoms with Gasteiger partial charge in [0.2, 0.25) is 0 Å². The van der Waals surface area contributed by atoms with Crippen LogP contribution < -0.4 is 5.32 Å². The highest BCUT2D eigenvalue weighted by molar-refractivity contribution is 5.21. The van der Waals surface area contributed by atoms with Crippen LogP contribution in [0.15, 0.2) is 10.5 Å². The van der Waals surface area contributed by atoms with E-state index in [1.54, 1.807) is 0 Å². The lowest BCUT2D eigenvalue weighted by Gasteiger charge is -2.17. The van der Waals surface area contributed by atoms with Gasteiger partial charge in [-0.05, 0) is 38.8 Å². The second kappa shape index (κ2) is 5.89. The van der Waals surface area contributed by atoms with Crippen molar-refractivity contribution in [2.45, 2.75) is 52.7 Å². The molecule has 1 aromatic rings. The van der Waals surface area contributed by atoms with Gasteiger partial charge in [-0.1, -0.05) is 13.8 Å². The van der Waals surface area contributed by atoms with Crippen LogP contribution in [0.4, 0.5) is 0 Å². The topological polar surface area (TPSA) is 28.4 Å². The summed E-state index contributed by atoms with van der Waals surface area (Å²) in [5, 5.41) is 3.54. The van der Waals surface area contributed by atoms with Crippen molar-refractivity contribution in [2.24, 2.45) is 5.92 Å². The summed E-state index contributed by atoms with van der Waals surface area (Å²) in [6.07, 6.45) is 2.67. The van der Waals surface area contributed by atoms with Crippen LogP contribution in [0, 0.1) is 12.8 Å². The molecule has 0 aromatic carbocycles. The van der Waals surface area contributed by atoms with Gasteiger partial charge in [-0.15, -0.1) is 0 Å². The summed E-state index contributed by atoms with van der Waals surface area (Å²) in [5.41, 5.74) is 1.31. The van der Waals surface area contributed by atoms with E-state index in [0.29, 0.717) is 5.92 Å². The van der Waals surface area contributed by atoms with Gasteiger partial charge in [0.05, 0.1) is 6.54 Å². The fraction of sp³-hybridized carbons (Fsp3) is 0.733.